The zero-order valence-corrected chi connectivity index (χ0v) is 21.4. The van der Waals surface area contributed by atoms with Crippen molar-refractivity contribution in [3.63, 3.8) is 0 Å². The summed E-state index contributed by atoms with van der Waals surface area (Å²) in [5, 5.41) is 4.44. The van der Waals surface area contributed by atoms with Gasteiger partial charge < -0.3 is 0 Å². The molecule has 1 aliphatic rings. The van der Waals surface area contributed by atoms with Crippen LogP contribution in [0.5, 0.6) is 0 Å². The molecule has 31 heavy (non-hydrogen) atoms. The van der Waals surface area contributed by atoms with Crippen LogP contribution in [0.25, 0.3) is 27.3 Å². The number of fused-ring (bicyclic) bond motifs is 3. The first-order valence-corrected chi connectivity index (χ1v) is 14.1. The molecule has 0 saturated heterocycles. The number of hydrogen-bond donors (Lipinski definition) is 0. The Kier molecular flexibility index (Phi) is 3.50. The standard InChI is InChI=1S/C28H37N2Si/c1-16(2)20-12-11-13-21-23-18(5)14-15-22-25(23)30-26(24(20)21)29(17(3)4)19(6)27(30)31(9,10)28(22,7)8/h11-17H,1-10H3/q+1/i9D3. The highest BCUT2D eigenvalue weighted by atomic mass is 28.3. The van der Waals surface area contributed by atoms with Gasteiger partial charge in [0.2, 0.25) is 0 Å². The van der Waals surface area contributed by atoms with Crippen molar-refractivity contribution in [3.8, 4) is 0 Å². The fourth-order valence-corrected chi connectivity index (χ4v) is 9.00. The van der Waals surface area contributed by atoms with Crippen molar-refractivity contribution < 1.29 is 8.51 Å². The Morgan fingerprint density at radius 3 is 2.35 bits per heavy atom. The Labute approximate surface area is 192 Å². The molecule has 0 bridgehead atoms. The van der Waals surface area contributed by atoms with E-state index in [2.05, 4.69) is 101 Å². The Morgan fingerprint density at radius 2 is 1.74 bits per heavy atom. The molecule has 0 saturated carbocycles. The SMILES string of the molecule is [2H]C([2H])([2H])[Si]1(C)c2c(C)n(C(C)C)c3c4c(C(C)C)cccc4c4c(C)ccc(c4[n+]23)C1(C)C. The fourth-order valence-electron chi connectivity index (χ4n) is 6.16. The molecule has 162 valence electrons. The lowest BCUT2D eigenvalue weighted by Gasteiger charge is -2.41. The molecule has 4 aromatic rings. The molecule has 1 aliphatic heterocycles. The highest BCUT2D eigenvalue weighted by Gasteiger charge is 2.54. The average molecular weight is 433 g/mol. The second-order valence-corrected chi connectivity index (χ2v) is 14.9. The normalized spacial score (nSPS) is 22.1. The molecule has 1 unspecified atom stereocenters. The van der Waals surface area contributed by atoms with Gasteiger partial charge in [-0.25, -0.2) is 4.57 Å². The number of aromatic nitrogens is 2. The van der Waals surface area contributed by atoms with Crippen LogP contribution >= 0.6 is 0 Å². The van der Waals surface area contributed by atoms with Gasteiger partial charge in [-0.1, -0.05) is 71.0 Å². The van der Waals surface area contributed by atoms with E-state index in [9.17, 15) is 0 Å². The predicted octanol–water partition coefficient (Wildman–Crippen LogP) is 6.60. The van der Waals surface area contributed by atoms with Gasteiger partial charge in [0.1, 0.15) is 24.6 Å². The molecule has 3 heterocycles. The lowest BCUT2D eigenvalue weighted by Crippen LogP contribution is -2.68. The molecular weight excluding hydrogens is 392 g/mol. The van der Waals surface area contributed by atoms with Gasteiger partial charge in [-0.2, -0.15) is 4.40 Å². The third-order valence-electron chi connectivity index (χ3n) is 8.10. The van der Waals surface area contributed by atoms with Crippen molar-refractivity contribution in [2.45, 2.75) is 85.4 Å². The summed E-state index contributed by atoms with van der Waals surface area (Å²) >= 11 is 0. The van der Waals surface area contributed by atoms with Gasteiger partial charge in [0.05, 0.1) is 11.4 Å². The molecule has 0 aliphatic carbocycles. The summed E-state index contributed by atoms with van der Waals surface area (Å²) in [5.41, 5.74) is 7.24. The smallest absolute Gasteiger partial charge is 0.225 e. The number of pyridine rings is 1. The monoisotopic (exact) mass is 432 g/mol. The lowest BCUT2D eigenvalue weighted by molar-refractivity contribution is -0.462. The Balaban J connectivity index is 2.28. The number of imidazole rings is 1. The second kappa shape index (κ2) is 6.22. The molecule has 2 nitrogen and oxygen atoms in total. The van der Waals surface area contributed by atoms with E-state index in [1.54, 1.807) is 0 Å². The number of nitrogens with zero attached hydrogens (tertiary/aromatic N) is 2. The van der Waals surface area contributed by atoms with Gasteiger partial charge >= 0.3 is 0 Å². The van der Waals surface area contributed by atoms with E-state index in [1.165, 1.54) is 44.0 Å². The van der Waals surface area contributed by atoms with Crippen LogP contribution in [-0.4, -0.2) is 12.6 Å². The number of hydrogen-bond acceptors (Lipinski definition) is 0. The molecule has 5 rings (SSSR count). The van der Waals surface area contributed by atoms with E-state index in [1.807, 2.05) is 0 Å². The first-order chi connectivity index (χ1) is 15.7. The first kappa shape index (κ1) is 17.4. The molecule has 2 aromatic heterocycles. The van der Waals surface area contributed by atoms with E-state index in [4.69, 9.17) is 4.11 Å². The van der Waals surface area contributed by atoms with Gasteiger partial charge in [-0.05, 0) is 42.9 Å². The van der Waals surface area contributed by atoms with Crippen LogP contribution in [-0.2, 0) is 5.04 Å². The third-order valence-corrected chi connectivity index (χ3v) is 12.4. The van der Waals surface area contributed by atoms with Crippen LogP contribution in [0, 0.1) is 13.8 Å². The highest BCUT2D eigenvalue weighted by molar-refractivity contribution is 6.91. The fraction of sp³-hybridized carbons (Fsp3) is 0.464. The molecule has 1 atom stereocenters. The molecule has 3 heteroatoms. The summed E-state index contributed by atoms with van der Waals surface area (Å²) in [6, 6.07) is 11.3. The Morgan fingerprint density at radius 1 is 1.03 bits per heavy atom. The topological polar surface area (TPSA) is 9.03 Å². The van der Waals surface area contributed by atoms with Crippen molar-refractivity contribution in [2.75, 3.05) is 0 Å². The van der Waals surface area contributed by atoms with E-state index in [0.29, 0.717) is 5.92 Å². The van der Waals surface area contributed by atoms with Crippen molar-refractivity contribution in [1.82, 2.24) is 4.57 Å². The zero-order chi connectivity index (χ0) is 25.1. The van der Waals surface area contributed by atoms with Crippen molar-refractivity contribution in [1.29, 1.82) is 0 Å². The number of benzene rings is 2. The van der Waals surface area contributed by atoms with E-state index in [0.717, 1.165) is 11.0 Å². The largest absolute Gasteiger partial charge is 0.295 e. The molecule has 0 fully saturated rings. The predicted molar refractivity (Wildman–Crippen MR) is 137 cm³/mol. The summed E-state index contributed by atoms with van der Waals surface area (Å²) in [7, 11) is -3.07. The van der Waals surface area contributed by atoms with Gasteiger partial charge in [0.15, 0.2) is 0 Å². The molecule has 2 aromatic carbocycles. The minimum Gasteiger partial charge on any atom is -0.225 e. The Bertz CT molecular complexity index is 1510. The third kappa shape index (κ3) is 2.31. The second-order valence-electron chi connectivity index (χ2n) is 10.9. The lowest BCUT2D eigenvalue weighted by atomic mass is 9.90. The van der Waals surface area contributed by atoms with Crippen molar-refractivity contribution in [2.24, 2.45) is 0 Å². The van der Waals surface area contributed by atoms with E-state index in [-0.39, 0.29) is 6.04 Å². The maximum atomic E-state index is 8.88. The Hall–Kier alpha value is -2.13. The van der Waals surface area contributed by atoms with Crippen molar-refractivity contribution in [3.05, 3.63) is 52.7 Å². The number of aryl methyl sites for hydroxylation is 1. The van der Waals surface area contributed by atoms with Gasteiger partial charge in [0.25, 0.3) is 5.65 Å². The highest BCUT2D eigenvalue weighted by Crippen LogP contribution is 2.44. The van der Waals surface area contributed by atoms with Crippen LogP contribution in [0.2, 0.25) is 13.0 Å². The maximum absolute atomic E-state index is 8.88. The summed E-state index contributed by atoms with van der Waals surface area (Å²) < 4.78 is 31.5. The van der Waals surface area contributed by atoms with Crippen LogP contribution in [0.3, 0.4) is 0 Å². The van der Waals surface area contributed by atoms with Crippen LogP contribution in [0.1, 0.15) is 80.0 Å². The molecule has 0 radical (unpaired) electrons. The van der Waals surface area contributed by atoms with Crippen molar-refractivity contribution >= 4 is 40.7 Å². The van der Waals surface area contributed by atoms with Gasteiger partial charge in [-0.3, -0.25) is 0 Å². The molecule has 0 spiro atoms. The summed E-state index contributed by atoms with van der Waals surface area (Å²) in [6.07, 6.45) is 0. The quantitative estimate of drug-likeness (QED) is 0.192. The first-order valence-electron chi connectivity index (χ1n) is 13.1. The van der Waals surface area contributed by atoms with Crippen LogP contribution in [0.15, 0.2) is 30.3 Å². The van der Waals surface area contributed by atoms with Gasteiger partial charge in [0, 0.05) is 27.4 Å². The van der Waals surface area contributed by atoms with E-state index < -0.39 is 19.6 Å². The number of rotatable bonds is 2. The summed E-state index contributed by atoms with van der Waals surface area (Å²) in [4.78, 5) is 0. The molecule has 0 amide bonds. The summed E-state index contributed by atoms with van der Waals surface area (Å²) in [5.74, 6) is 0.360. The van der Waals surface area contributed by atoms with E-state index >= 15 is 0 Å². The van der Waals surface area contributed by atoms with Crippen LogP contribution < -0.4 is 9.72 Å². The molecular formula is C28H37N2Si+. The minimum absolute atomic E-state index is 0.217. The van der Waals surface area contributed by atoms with Gasteiger partial charge in [-0.15, -0.1) is 0 Å². The molecule has 0 N–H and O–H groups in total. The zero-order valence-electron chi connectivity index (χ0n) is 23.4. The average Bonchev–Trinajstić information content (AvgIpc) is 3.04. The maximum Gasteiger partial charge on any atom is 0.295 e. The minimum atomic E-state index is -3.07. The van der Waals surface area contributed by atoms with Crippen LogP contribution in [0.4, 0.5) is 0 Å². The summed E-state index contributed by atoms with van der Waals surface area (Å²) in [6.45, 7) is 17.7.